The van der Waals surface area contributed by atoms with Gasteiger partial charge in [-0.1, -0.05) is 0 Å². The molecule has 0 aliphatic heterocycles. The first-order valence-electron chi connectivity index (χ1n) is 5.13. The summed E-state index contributed by atoms with van der Waals surface area (Å²) in [7, 11) is 1.98. The molecule has 4 heteroatoms. The Kier molecular flexibility index (Phi) is 2.56. The number of nitrogens with two attached hydrogens (primary N) is 1. The molecule has 78 valence electrons. The number of hydrogen-bond donors (Lipinski definition) is 2. The van der Waals surface area contributed by atoms with Crippen LogP contribution in [0.1, 0.15) is 24.2 Å². The maximum atomic E-state index is 5.71. The van der Waals surface area contributed by atoms with Crippen LogP contribution >= 0.6 is 0 Å². The van der Waals surface area contributed by atoms with Gasteiger partial charge in [-0.05, 0) is 25.8 Å². The van der Waals surface area contributed by atoms with Gasteiger partial charge in [0.05, 0.1) is 11.4 Å². The van der Waals surface area contributed by atoms with Crippen LogP contribution in [-0.2, 0) is 13.6 Å². The van der Waals surface area contributed by atoms with Crippen molar-refractivity contribution in [3.63, 3.8) is 0 Å². The van der Waals surface area contributed by atoms with Gasteiger partial charge in [-0.2, -0.15) is 5.10 Å². The molecule has 0 bridgehead atoms. The summed E-state index contributed by atoms with van der Waals surface area (Å²) in [5.74, 6) is 0. The molecular weight excluding hydrogens is 176 g/mol. The van der Waals surface area contributed by atoms with Crippen molar-refractivity contribution in [2.24, 2.45) is 12.8 Å². The summed E-state index contributed by atoms with van der Waals surface area (Å²) in [6.07, 6.45) is 2.22. The number of aromatic nitrogens is 2. The summed E-state index contributed by atoms with van der Waals surface area (Å²) in [5, 5.41) is 7.78. The molecule has 0 aromatic carbocycles. The monoisotopic (exact) mass is 194 g/mol. The molecular formula is C10H18N4. The molecule has 3 N–H and O–H groups in total. The van der Waals surface area contributed by atoms with Crippen molar-refractivity contribution in [3.8, 4) is 0 Å². The number of nitrogens with one attached hydrogen (secondary N) is 1. The molecule has 1 heterocycles. The predicted octanol–water partition coefficient (Wildman–Crippen LogP) is 0.308. The molecule has 1 aromatic heterocycles. The number of rotatable bonds is 3. The summed E-state index contributed by atoms with van der Waals surface area (Å²) < 4.78 is 1.93. The minimum atomic E-state index is 0.417. The van der Waals surface area contributed by atoms with E-state index in [9.17, 15) is 0 Å². The molecule has 1 aliphatic rings. The van der Waals surface area contributed by atoms with E-state index in [-0.39, 0.29) is 0 Å². The van der Waals surface area contributed by atoms with Crippen LogP contribution in [0.2, 0.25) is 0 Å². The fourth-order valence-electron chi connectivity index (χ4n) is 1.91. The van der Waals surface area contributed by atoms with Crippen molar-refractivity contribution in [3.05, 3.63) is 17.5 Å². The molecule has 2 rings (SSSR count). The van der Waals surface area contributed by atoms with E-state index in [2.05, 4.69) is 16.5 Å². The highest BCUT2D eigenvalue weighted by molar-refractivity contribution is 5.08. The maximum absolute atomic E-state index is 5.71. The third-order valence-corrected chi connectivity index (χ3v) is 2.85. The van der Waals surface area contributed by atoms with Gasteiger partial charge in [0, 0.05) is 25.7 Å². The number of nitrogens with zero attached hydrogens (tertiary/aromatic N) is 2. The predicted molar refractivity (Wildman–Crippen MR) is 55.8 cm³/mol. The van der Waals surface area contributed by atoms with E-state index in [4.69, 9.17) is 5.73 Å². The molecule has 0 unspecified atom stereocenters. The average molecular weight is 194 g/mol. The van der Waals surface area contributed by atoms with Gasteiger partial charge in [-0.15, -0.1) is 0 Å². The Hall–Kier alpha value is -0.870. The van der Waals surface area contributed by atoms with Crippen molar-refractivity contribution in [1.82, 2.24) is 15.1 Å². The first-order valence-corrected chi connectivity index (χ1v) is 5.13. The second kappa shape index (κ2) is 3.71. The van der Waals surface area contributed by atoms with E-state index in [1.54, 1.807) is 0 Å². The highest BCUT2D eigenvalue weighted by Crippen LogP contribution is 2.17. The first-order chi connectivity index (χ1) is 6.65. The molecule has 1 aromatic rings. The molecule has 1 saturated carbocycles. The third-order valence-electron chi connectivity index (χ3n) is 2.85. The fourth-order valence-corrected chi connectivity index (χ4v) is 1.91. The fraction of sp³-hybridized carbons (Fsp3) is 0.700. The van der Waals surface area contributed by atoms with Gasteiger partial charge in [-0.25, -0.2) is 0 Å². The zero-order chi connectivity index (χ0) is 10.1. The minimum Gasteiger partial charge on any atom is -0.328 e. The minimum absolute atomic E-state index is 0.417. The summed E-state index contributed by atoms with van der Waals surface area (Å²) in [5.41, 5.74) is 8.03. The Bertz CT molecular complexity index is 312. The molecule has 4 nitrogen and oxygen atoms in total. The van der Waals surface area contributed by atoms with Gasteiger partial charge in [0.15, 0.2) is 0 Å². The standard InChI is InChI=1S/C10H18N4/c1-7-3-10(14(2)13-7)6-12-9-4-8(11)5-9/h3,8-9,12H,4-6,11H2,1-2H3. The van der Waals surface area contributed by atoms with Crippen LogP contribution in [0, 0.1) is 6.92 Å². The molecule has 0 atom stereocenters. The van der Waals surface area contributed by atoms with E-state index < -0.39 is 0 Å². The quantitative estimate of drug-likeness (QED) is 0.728. The zero-order valence-corrected chi connectivity index (χ0v) is 8.83. The summed E-state index contributed by atoms with van der Waals surface area (Å²) >= 11 is 0. The Balaban J connectivity index is 1.83. The molecule has 1 fully saturated rings. The van der Waals surface area contributed by atoms with Gasteiger partial charge >= 0.3 is 0 Å². The van der Waals surface area contributed by atoms with Gasteiger partial charge < -0.3 is 11.1 Å². The van der Waals surface area contributed by atoms with Gasteiger partial charge in [0.25, 0.3) is 0 Å². The molecule has 14 heavy (non-hydrogen) atoms. The lowest BCUT2D eigenvalue weighted by Gasteiger charge is -2.33. The lowest BCUT2D eigenvalue weighted by atomic mass is 9.88. The van der Waals surface area contributed by atoms with Crippen molar-refractivity contribution in [2.45, 2.75) is 38.4 Å². The smallest absolute Gasteiger partial charge is 0.0597 e. The van der Waals surface area contributed by atoms with Crippen LogP contribution in [0.3, 0.4) is 0 Å². The lowest BCUT2D eigenvalue weighted by Crippen LogP contribution is -2.48. The van der Waals surface area contributed by atoms with Crippen molar-refractivity contribution in [1.29, 1.82) is 0 Å². The SMILES string of the molecule is Cc1cc(CNC2CC(N)C2)n(C)n1. The highest BCUT2D eigenvalue weighted by Gasteiger charge is 2.25. The van der Waals surface area contributed by atoms with Crippen molar-refractivity contribution < 1.29 is 0 Å². The topological polar surface area (TPSA) is 55.9 Å². The average Bonchev–Trinajstić information content (AvgIpc) is 2.37. The highest BCUT2D eigenvalue weighted by atomic mass is 15.3. The van der Waals surface area contributed by atoms with Crippen LogP contribution < -0.4 is 11.1 Å². The zero-order valence-electron chi connectivity index (χ0n) is 8.83. The van der Waals surface area contributed by atoms with Gasteiger partial charge in [-0.3, -0.25) is 4.68 Å². The molecule has 0 saturated heterocycles. The third kappa shape index (κ3) is 1.96. The molecule has 1 aliphatic carbocycles. The van der Waals surface area contributed by atoms with Crippen molar-refractivity contribution >= 4 is 0 Å². The van der Waals surface area contributed by atoms with E-state index in [0.29, 0.717) is 12.1 Å². The van der Waals surface area contributed by atoms with E-state index in [1.807, 2.05) is 18.7 Å². The Labute approximate surface area is 84.5 Å². The van der Waals surface area contributed by atoms with E-state index in [1.165, 1.54) is 5.69 Å². The second-order valence-electron chi connectivity index (χ2n) is 4.21. The molecule has 0 radical (unpaired) electrons. The second-order valence-corrected chi connectivity index (χ2v) is 4.21. The first kappa shape index (κ1) is 9.68. The van der Waals surface area contributed by atoms with Crippen LogP contribution in [0.15, 0.2) is 6.07 Å². The Morgan fingerprint density at radius 2 is 2.36 bits per heavy atom. The normalized spacial score (nSPS) is 26.2. The molecule has 0 amide bonds. The summed E-state index contributed by atoms with van der Waals surface area (Å²) in [6, 6.07) is 3.15. The van der Waals surface area contributed by atoms with Crippen LogP contribution in [0.5, 0.6) is 0 Å². The Morgan fingerprint density at radius 3 is 2.86 bits per heavy atom. The van der Waals surface area contributed by atoms with E-state index in [0.717, 1.165) is 25.1 Å². The summed E-state index contributed by atoms with van der Waals surface area (Å²) in [6.45, 7) is 2.91. The Morgan fingerprint density at radius 1 is 1.64 bits per heavy atom. The van der Waals surface area contributed by atoms with Crippen LogP contribution in [0.4, 0.5) is 0 Å². The van der Waals surface area contributed by atoms with Gasteiger partial charge in [0.1, 0.15) is 0 Å². The summed E-state index contributed by atoms with van der Waals surface area (Å²) in [4.78, 5) is 0. The lowest BCUT2D eigenvalue weighted by molar-refractivity contribution is 0.288. The molecule has 0 spiro atoms. The largest absolute Gasteiger partial charge is 0.328 e. The van der Waals surface area contributed by atoms with Crippen molar-refractivity contribution in [2.75, 3.05) is 0 Å². The number of aryl methyl sites for hydroxylation is 2. The maximum Gasteiger partial charge on any atom is 0.0597 e. The van der Waals surface area contributed by atoms with E-state index >= 15 is 0 Å². The number of hydrogen-bond acceptors (Lipinski definition) is 3. The van der Waals surface area contributed by atoms with Crippen LogP contribution in [0.25, 0.3) is 0 Å². The van der Waals surface area contributed by atoms with Crippen LogP contribution in [-0.4, -0.2) is 21.9 Å². The van der Waals surface area contributed by atoms with Gasteiger partial charge in [0.2, 0.25) is 0 Å².